The summed E-state index contributed by atoms with van der Waals surface area (Å²) in [5.74, 6) is -0.292. The zero-order valence-corrected chi connectivity index (χ0v) is 18.5. The molecule has 0 aromatic heterocycles. The second-order valence-corrected chi connectivity index (χ2v) is 7.78. The molecule has 0 saturated carbocycles. The number of benzene rings is 2. The molecule has 10 heteroatoms. The summed E-state index contributed by atoms with van der Waals surface area (Å²) in [6, 6.07) is 11.1. The molecule has 1 saturated heterocycles. The second kappa shape index (κ2) is 10.8. The number of rotatable bonds is 8. The highest BCUT2D eigenvalue weighted by Gasteiger charge is 2.23. The molecule has 0 bridgehead atoms. The third-order valence-corrected chi connectivity index (χ3v) is 5.33. The molecule has 9 nitrogen and oxygen atoms in total. The van der Waals surface area contributed by atoms with Gasteiger partial charge in [-0.05, 0) is 30.7 Å². The number of ether oxygens (including phenoxy) is 1. The first-order valence-electron chi connectivity index (χ1n) is 10.4. The summed E-state index contributed by atoms with van der Waals surface area (Å²) in [7, 11) is 0. The van der Waals surface area contributed by atoms with Gasteiger partial charge in [-0.15, -0.1) is 0 Å². The molecule has 1 heterocycles. The number of nitro groups is 1. The number of carbonyl (C=O) groups is 2. The van der Waals surface area contributed by atoms with Crippen LogP contribution in [0.25, 0.3) is 0 Å². The number of anilines is 2. The number of carbonyl (C=O) groups excluding carboxylic acids is 2. The number of halogens is 1. The molecular weight excluding hydrogens is 436 g/mol. The Morgan fingerprint density at radius 3 is 2.56 bits per heavy atom. The molecule has 0 aliphatic carbocycles. The topological polar surface area (TPSA) is 105 Å². The van der Waals surface area contributed by atoms with Crippen molar-refractivity contribution < 1.29 is 19.2 Å². The second-order valence-electron chi connectivity index (χ2n) is 7.34. The van der Waals surface area contributed by atoms with Crippen LogP contribution in [0.1, 0.15) is 19.8 Å². The van der Waals surface area contributed by atoms with Crippen molar-refractivity contribution in [1.82, 2.24) is 4.90 Å². The number of piperazine rings is 1. The normalized spacial score (nSPS) is 13.6. The van der Waals surface area contributed by atoms with Crippen LogP contribution in [0.3, 0.4) is 0 Å². The van der Waals surface area contributed by atoms with Crippen LogP contribution in [0.4, 0.5) is 17.1 Å². The molecule has 0 unspecified atom stereocenters. The molecule has 1 aliphatic rings. The first-order valence-corrected chi connectivity index (χ1v) is 10.7. The molecule has 0 spiro atoms. The largest absolute Gasteiger partial charge is 0.477 e. The van der Waals surface area contributed by atoms with Crippen molar-refractivity contribution in [2.24, 2.45) is 0 Å². The number of nitrogens with one attached hydrogen (secondary N) is 1. The molecule has 1 fully saturated rings. The van der Waals surface area contributed by atoms with E-state index in [-0.39, 0.29) is 17.3 Å². The van der Waals surface area contributed by atoms with Crippen LogP contribution in [0.15, 0.2) is 42.5 Å². The Morgan fingerprint density at radius 1 is 1.16 bits per heavy atom. The Kier molecular flexibility index (Phi) is 7.88. The maximum Gasteiger partial charge on any atom is 0.310 e. The van der Waals surface area contributed by atoms with Crippen molar-refractivity contribution >= 4 is 40.5 Å². The van der Waals surface area contributed by atoms with Crippen molar-refractivity contribution in [3.8, 4) is 5.75 Å². The minimum absolute atomic E-state index is 0.0202. The molecule has 1 N–H and O–H groups in total. The third kappa shape index (κ3) is 5.88. The lowest BCUT2D eigenvalue weighted by Gasteiger charge is -2.37. The van der Waals surface area contributed by atoms with E-state index < -0.39 is 17.4 Å². The summed E-state index contributed by atoms with van der Waals surface area (Å²) < 4.78 is 5.37. The standard InChI is InChI=1S/C22H25ClN4O5/c1-2-5-22(29)26-12-10-25(11-13-26)18-9-8-16(23)14-17(18)24-21(28)15-32-20-7-4-3-6-19(20)27(30)31/h3-4,6-9,14H,2,5,10-13,15H2,1H3,(H,24,28). The average Bonchev–Trinajstić information content (AvgIpc) is 2.78. The van der Waals surface area contributed by atoms with Crippen molar-refractivity contribution in [3.63, 3.8) is 0 Å². The van der Waals surface area contributed by atoms with Crippen LogP contribution in [0.2, 0.25) is 5.02 Å². The summed E-state index contributed by atoms with van der Waals surface area (Å²) in [4.78, 5) is 39.1. The summed E-state index contributed by atoms with van der Waals surface area (Å²) in [5, 5.41) is 14.3. The maximum absolute atomic E-state index is 12.5. The van der Waals surface area contributed by atoms with Crippen LogP contribution in [0, 0.1) is 10.1 Å². The Labute approximate surface area is 191 Å². The van der Waals surface area contributed by atoms with E-state index in [1.54, 1.807) is 18.2 Å². The van der Waals surface area contributed by atoms with Gasteiger partial charge >= 0.3 is 5.69 Å². The van der Waals surface area contributed by atoms with E-state index in [1.807, 2.05) is 17.9 Å². The maximum atomic E-state index is 12.5. The van der Waals surface area contributed by atoms with Gasteiger partial charge in [0.2, 0.25) is 5.91 Å². The van der Waals surface area contributed by atoms with Gasteiger partial charge in [-0.1, -0.05) is 30.7 Å². The molecule has 0 atom stereocenters. The highest BCUT2D eigenvalue weighted by molar-refractivity contribution is 6.31. The van der Waals surface area contributed by atoms with Crippen molar-refractivity contribution in [3.05, 3.63) is 57.6 Å². The van der Waals surface area contributed by atoms with Gasteiger partial charge in [-0.25, -0.2) is 0 Å². The van der Waals surface area contributed by atoms with Gasteiger partial charge in [0.05, 0.1) is 16.3 Å². The quantitative estimate of drug-likeness (QED) is 0.475. The van der Waals surface area contributed by atoms with Crippen LogP contribution in [0.5, 0.6) is 5.75 Å². The van der Waals surface area contributed by atoms with Gasteiger partial charge in [0.1, 0.15) is 0 Å². The van der Waals surface area contributed by atoms with Gasteiger partial charge in [0.15, 0.2) is 12.4 Å². The molecule has 170 valence electrons. The van der Waals surface area contributed by atoms with E-state index in [1.165, 1.54) is 18.2 Å². The Balaban J connectivity index is 1.65. The highest BCUT2D eigenvalue weighted by Crippen LogP contribution is 2.30. The van der Waals surface area contributed by atoms with E-state index >= 15 is 0 Å². The van der Waals surface area contributed by atoms with Crippen molar-refractivity contribution in [1.29, 1.82) is 0 Å². The van der Waals surface area contributed by atoms with Crippen LogP contribution in [-0.2, 0) is 9.59 Å². The molecular formula is C22H25ClN4O5. The fraction of sp³-hybridized carbons (Fsp3) is 0.364. The average molecular weight is 461 g/mol. The van der Waals surface area contributed by atoms with Crippen molar-refractivity contribution in [2.45, 2.75) is 19.8 Å². The number of para-hydroxylation sites is 2. The number of nitrogens with zero attached hydrogens (tertiary/aromatic N) is 3. The molecule has 2 aromatic rings. The predicted molar refractivity (Wildman–Crippen MR) is 122 cm³/mol. The number of nitro benzene ring substituents is 1. The lowest BCUT2D eigenvalue weighted by molar-refractivity contribution is -0.385. The molecule has 32 heavy (non-hydrogen) atoms. The Morgan fingerprint density at radius 2 is 1.88 bits per heavy atom. The van der Waals surface area contributed by atoms with Crippen LogP contribution < -0.4 is 15.0 Å². The van der Waals surface area contributed by atoms with E-state index in [4.69, 9.17) is 16.3 Å². The van der Waals surface area contributed by atoms with Crippen LogP contribution in [-0.4, -0.2) is 54.4 Å². The molecule has 0 radical (unpaired) electrons. The monoisotopic (exact) mass is 460 g/mol. The van der Waals surface area contributed by atoms with E-state index in [9.17, 15) is 19.7 Å². The highest BCUT2D eigenvalue weighted by atomic mass is 35.5. The molecule has 2 aromatic carbocycles. The fourth-order valence-corrected chi connectivity index (χ4v) is 3.68. The smallest absolute Gasteiger partial charge is 0.310 e. The minimum Gasteiger partial charge on any atom is -0.477 e. The Bertz CT molecular complexity index is 992. The van der Waals surface area contributed by atoms with Crippen molar-refractivity contribution in [2.75, 3.05) is 43.0 Å². The first kappa shape index (κ1) is 23.3. The van der Waals surface area contributed by atoms with Gasteiger partial charge in [0.25, 0.3) is 5.91 Å². The summed E-state index contributed by atoms with van der Waals surface area (Å²) in [6.45, 7) is 4.07. The summed E-state index contributed by atoms with van der Waals surface area (Å²) >= 11 is 6.14. The van der Waals surface area contributed by atoms with E-state index in [2.05, 4.69) is 10.2 Å². The SMILES string of the molecule is CCCC(=O)N1CCN(c2ccc(Cl)cc2NC(=O)COc2ccccc2[N+](=O)[O-])CC1. The zero-order chi connectivity index (χ0) is 23.1. The van der Waals surface area contributed by atoms with Crippen LogP contribution >= 0.6 is 11.6 Å². The molecule has 1 aliphatic heterocycles. The number of amides is 2. The van der Waals surface area contributed by atoms with E-state index in [0.717, 1.165) is 12.1 Å². The van der Waals surface area contributed by atoms with Gasteiger partial charge in [-0.2, -0.15) is 0 Å². The third-order valence-electron chi connectivity index (χ3n) is 5.09. The van der Waals surface area contributed by atoms with Gasteiger partial charge in [-0.3, -0.25) is 19.7 Å². The Hall–Kier alpha value is -3.33. The summed E-state index contributed by atoms with van der Waals surface area (Å²) in [6.07, 6.45) is 1.36. The van der Waals surface area contributed by atoms with Gasteiger partial charge in [0, 0.05) is 43.7 Å². The first-order chi connectivity index (χ1) is 15.4. The lowest BCUT2D eigenvalue weighted by Crippen LogP contribution is -2.49. The fourth-order valence-electron chi connectivity index (χ4n) is 3.51. The lowest BCUT2D eigenvalue weighted by atomic mass is 10.2. The molecule has 2 amide bonds. The minimum atomic E-state index is -0.562. The number of hydrogen-bond donors (Lipinski definition) is 1. The zero-order valence-electron chi connectivity index (χ0n) is 17.8. The number of hydrogen-bond acceptors (Lipinski definition) is 6. The molecule has 3 rings (SSSR count). The summed E-state index contributed by atoms with van der Waals surface area (Å²) in [5.41, 5.74) is 1.09. The van der Waals surface area contributed by atoms with Gasteiger partial charge < -0.3 is 19.9 Å². The van der Waals surface area contributed by atoms with E-state index in [0.29, 0.717) is 43.3 Å². The predicted octanol–water partition coefficient (Wildman–Crippen LogP) is 3.71.